The highest BCUT2D eigenvalue weighted by molar-refractivity contribution is 5.98. The summed E-state index contributed by atoms with van der Waals surface area (Å²) in [5.74, 6) is 0.140. The molecular weight excluding hydrogens is 262 g/mol. The highest BCUT2D eigenvalue weighted by Crippen LogP contribution is 2.25. The van der Waals surface area contributed by atoms with Gasteiger partial charge in [0.25, 0.3) is 0 Å². The fourth-order valence-electron chi connectivity index (χ4n) is 2.86. The molecule has 21 heavy (non-hydrogen) atoms. The minimum Gasteiger partial charge on any atom is -0.409 e. The van der Waals surface area contributed by atoms with Gasteiger partial charge in [-0.25, -0.2) is 0 Å². The molecule has 108 valence electrons. The predicted octanol–water partition coefficient (Wildman–Crippen LogP) is 2.88. The number of nitrogens with one attached hydrogen (secondary N) is 1. The van der Waals surface area contributed by atoms with Gasteiger partial charge in [-0.2, -0.15) is 0 Å². The monoisotopic (exact) mass is 281 g/mol. The smallest absolute Gasteiger partial charge is 0.170 e. The Bertz CT molecular complexity index is 679. The Labute approximate surface area is 124 Å². The normalized spacial score (nSPS) is 14.0. The van der Waals surface area contributed by atoms with Crippen LogP contribution in [-0.2, 0) is 19.4 Å². The van der Waals surface area contributed by atoms with Crippen LogP contribution < -0.4 is 11.1 Å². The van der Waals surface area contributed by atoms with Crippen molar-refractivity contribution in [2.75, 3.05) is 5.32 Å². The van der Waals surface area contributed by atoms with Crippen molar-refractivity contribution in [2.24, 2.45) is 10.9 Å². The molecule has 0 heterocycles. The van der Waals surface area contributed by atoms with E-state index < -0.39 is 0 Å². The molecular formula is C17H19N3O. The average Bonchev–Trinajstić information content (AvgIpc) is 3.00. The van der Waals surface area contributed by atoms with Crippen molar-refractivity contribution in [1.82, 2.24) is 0 Å². The Morgan fingerprint density at radius 2 is 1.95 bits per heavy atom. The topological polar surface area (TPSA) is 70.6 Å². The molecule has 0 atom stereocenters. The van der Waals surface area contributed by atoms with Crippen LogP contribution in [0.4, 0.5) is 5.69 Å². The van der Waals surface area contributed by atoms with Gasteiger partial charge in [-0.1, -0.05) is 35.5 Å². The minimum atomic E-state index is 0.140. The second-order valence-electron chi connectivity index (χ2n) is 5.33. The van der Waals surface area contributed by atoms with E-state index in [1.54, 1.807) is 0 Å². The first-order valence-electron chi connectivity index (χ1n) is 7.19. The van der Waals surface area contributed by atoms with Crippen molar-refractivity contribution in [1.29, 1.82) is 0 Å². The molecule has 1 aliphatic rings. The molecule has 4 heteroatoms. The van der Waals surface area contributed by atoms with Gasteiger partial charge in [0.15, 0.2) is 5.84 Å². The van der Waals surface area contributed by atoms with E-state index in [1.165, 1.54) is 30.4 Å². The van der Waals surface area contributed by atoms with Gasteiger partial charge in [-0.05, 0) is 48.1 Å². The number of oxime groups is 1. The quantitative estimate of drug-likeness (QED) is 0.349. The van der Waals surface area contributed by atoms with Gasteiger partial charge in [-0.3, -0.25) is 0 Å². The summed E-state index contributed by atoms with van der Waals surface area (Å²) in [7, 11) is 0. The number of hydrogen-bond acceptors (Lipinski definition) is 3. The van der Waals surface area contributed by atoms with Crippen LogP contribution in [0.15, 0.2) is 47.6 Å². The SMILES string of the molecule is NC(=NO)c1ccccc1CNc1ccc2c(c1)CCC2. The third kappa shape index (κ3) is 2.84. The van der Waals surface area contributed by atoms with Crippen molar-refractivity contribution in [3.63, 3.8) is 0 Å². The van der Waals surface area contributed by atoms with Crippen LogP contribution in [0.3, 0.4) is 0 Å². The number of aryl methyl sites for hydroxylation is 2. The van der Waals surface area contributed by atoms with Gasteiger partial charge in [-0.15, -0.1) is 0 Å². The maximum atomic E-state index is 8.85. The highest BCUT2D eigenvalue weighted by Gasteiger charge is 2.11. The van der Waals surface area contributed by atoms with E-state index in [9.17, 15) is 0 Å². The molecule has 0 unspecified atom stereocenters. The van der Waals surface area contributed by atoms with E-state index in [4.69, 9.17) is 10.9 Å². The molecule has 0 aromatic heterocycles. The van der Waals surface area contributed by atoms with Crippen molar-refractivity contribution < 1.29 is 5.21 Å². The Hall–Kier alpha value is -2.49. The van der Waals surface area contributed by atoms with Crippen LogP contribution in [0.1, 0.15) is 28.7 Å². The van der Waals surface area contributed by atoms with Gasteiger partial charge in [0.05, 0.1) is 0 Å². The predicted molar refractivity (Wildman–Crippen MR) is 84.7 cm³/mol. The minimum absolute atomic E-state index is 0.140. The van der Waals surface area contributed by atoms with E-state index in [-0.39, 0.29) is 5.84 Å². The lowest BCUT2D eigenvalue weighted by atomic mass is 10.1. The molecule has 4 N–H and O–H groups in total. The lowest BCUT2D eigenvalue weighted by Crippen LogP contribution is -2.16. The van der Waals surface area contributed by atoms with Gasteiger partial charge >= 0.3 is 0 Å². The van der Waals surface area contributed by atoms with E-state index in [2.05, 4.69) is 28.7 Å². The Morgan fingerprint density at radius 3 is 2.81 bits per heavy atom. The second-order valence-corrected chi connectivity index (χ2v) is 5.33. The molecule has 0 fully saturated rings. The Balaban J connectivity index is 1.76. The Kier molecular flexibility index (Phi) is 3.77. The van der Waals surface area contributed by atoms with E-state index in [0.29, 0.717) is 6.54 Å². The number of nitrogens with two attached hydrogens (primary N) is 1. The molecule has 2 aromatic carbocycles. The van der Waals surface area contributed by atoms with Gasteiger partial charge in [0.1, 0.15) is 0 Å². The lowest BCUT2D eigenvalue weighted by Gasteiger charge is -2.11. The summed E-state index contributed by atoms with van der Waals surface area (Å²) >= 11 is 0. The van der Waals surface area contributed by atoms with E-state index in [0.717, 1.165) is 16.8 Å². The maximum absolute atomic E-state index is 8.85. The van der Waals surface area contributed by atoms with Crippen molar-refractivity contribution in [3.05, 3.63) is 64.7 Å². The molecule has 0 radical (unpaired) electrons. The molecule has 3 rings (SSSR count). The first-order valence-corrected chi connectivity index (χ1v) is 7.19. The number of fused-ring (bicyclic) bond motifs is 1. The molecule has 4 nitrogen and oxygen atoms in total. The van der Waals surface area contributed by atoms with Crippen molar-refractivity contribution in [2.45, 2.75) is 25.8 Å². The number of amidine groups is 1. The summed E-state index contributed by atoms with van der Waals surface area (Å²) in [4.78, 5) is 0. The fourth-order valence-corrected chi connectivity index (χ4v) is 2.86. The van der Waals surface area contributed by atoms with Crippen LogP contribution in [0.25, 0.3) is 0 Å². The number of rotatable bonds is 4. The fraction of sp³-hybridized carbons (Fsp3) is 0.235. The van der Waals surface area contributed by atoms with Crippen LogP contribution >= 0.6 is 0 Å². The summed E-state index contributed by atoms with van der Waals surface area (Å²) in [5, 5.41) is 15.4. The maximum Gasteiger partial charge on any atom is 0.170 e. The van der Waals surface area contributed by atoms with Crippen molar-refractivity contribution in [3.8, 4) is 0 Å². The lowest BCUT2D eigenvalue weighted by molar-refractivity contribution is 0.318. The largest absolute Gasteiger partial charge is 0.409 e. The molecule has 0 amide bonds. The van der Waals surface area contributed by atoms with Gasteiger partial charge < -0.3 is 16.3 Å². The zero-order chi connectivity index (χ0) is 14.7. The molecule has 2 aromatic rings. The van der Waals surface area contributed by atoms with Crippen LogP contribution in [-0.4, -0.2) is 11.0 Å². The number of nitrogens with zero attached hydrogens (tertiary/aromatic N) is 1. The zero-order valence-corrected chi connectivity index (χ0v) is 11.8. The Morgan fingerprint density at radius 1 is 1.14 bits per heavy atom. The third-order valence-electron chi connectivity index (χ3n) is 3.98. The zero-order valence-electron chi connectivity index (χ0n) is 11.8. The van der Waals surface area contributed by atoms with Crippen LogP contribution in [0.2, 0.25) is 0 Å². The highest BCUT2D eigenvalue weighted by atomic mass is 16.4. The molecule has 0 bridgehead atoms. The summed E-state index contributed by atoms with van der Waals surface area (Å²) < 4.78 is 0. The standard InChI is InChI=1S/C17H19N3O/c18-17(20-21)16-7-2-1-4-14(16)11-19-15-9-8-12-5-3-6-13(12)10-15/h1-2,4,7-10,19,21H,3,5-6,11H2,(H2,18,20). The average molecular weight is 281 g/mol. The van der Waals surface area contributed by atoms with E-state index >= 15 is 0 Å². The second kappa shape index (κ2) is 5.87. The first-order chi connectivity index (χ1) is 10.3. The van der Waals surface area contributed by atoms with Gasteiger partial charge in [0, 0.05) is 17.8 Å². The number of anilines is 1. The first kappa shape index (κ1) is 13.5. The molecule has 1 aliphatic carbocycles. The van der Waals surface area contributed by atoms with Crippen LogP contribution in [0, 0.1) is 0 Å². The summed E-state index contributed by atoms with van der Waals surface area (Å²) in [6.07, 6.45) is 3.62. The molecule has 0 aliphatic heterocycles. The van der Waals surface area contributed by atoms with Gasteiger partial charge in [0.2, 0.25) is 0 Å². The number of hydrogen-bond donors (Lipinski definition) is 3. The summed E-state index contributed by atoms with van der Waals surface area (Å²) in [6, 6.07) is 14.2. The summed E-state index contributed by atoms with van der Waals surface area (Å²) in [6.45, 7) is 0.644. The van der Waals surface area contributed by atoms with Crippen LogP contribution in [0.5, 0.6) is 0 Å². The number of benzene rings is 2. The van der Waals surface area contributed by atoms with E-state index in [1.807, 2.05) is 24.3 Å². The molecule has 0 spiro atoms. The van der Waals surface area contributed by atoms with Crippen molar-refractivity contribution >= 4 is 11.5 Å². The summed E-state index contributed by atoms with van der Waals surface area (Å²) in [5.41, 5.74) is 11.5. The molecule has 0 saturated heterocycles. The molecule has 0 saturated carbocycles. The third-order valence-corrected chi connectivity index (χ3v) is 3.98.